The Morgan fingerprint density at radius 1 is 1.14 bits per heavy atom. The summed E-state index contributed by atoms with van der Waals surface area (Å²) in [5.41, 5.74) is 2.02. The van der Waals surface area contributed by atoms with Gasteiger partial charge in [0.25, 0.3) is 10.0 Å². The molecule has 0 radical (unpaired) electrons. The van der Waals surface area contributed by atoms with Crippen LogP contribution in [0.1, 0.15) is 5.56 Å². The highest BCUT2D eigenvalue weighted by atomic mass is 79.9. The number of para-hydroxylation sites is 1. The van der Waals surface area contributed by atoms with Crippen molar-refractivity contribution in [2.75, 3.05) is 4.72 Å². The molecule has 0 aliphatic heterocycles. The zero-order valence-corrected chi connectivity index (χ0v) is 13.5. The summed E-state index contributed by atoms with van der Waals surface area (Å²) in [6.45, 7) is 1.91. The van der Waals surface area contributed by atoms with Crippen molar-refractivity contribution in [1.82, 2.24) is 10.2 Å². The second-order valence-electron chi connectivity index (χ2n) is 4.66. The third-order valence-electron chi connectivity index (χ3n) is 3.11. The number of anilines is 1. The molecule has 2 N–H and O–H groups in total. The van der Waals surface area contributed by atoms with E-state index in [1.54, 1.807) is 36.4 Å². The predicted molar refractivity (Wildman–Crippen MR) is 85.8 cm³/mol. The Labute approximate surface area is 130 Å². The molecule has 1 aromatic heterocycles. The summed E-state index contributed by atoms with van der Waals surface area (Å²) in [6.07, 6.45) is 0. The molecule has 3 rings (SSSR count). The van der Waals surface area contributed by atoms with Gasteiger partial charge in [0.05, 0.1) is 10.6 Å². The van der Waals surface area contributed by atoms with E-state index in [-0.39, 0.29) is 4.90 Å². The highest BCUT2D eigenvalue weighted by Gasteiger charge is 2.16. The van der Waals surface area contributed by atoms with Crippen LogP contribution in [0.25, 0.3) is 10.9 Å². The first kappa shape index (κ1) is 14.1. The van der Waals surface area contributed by atoms with E-state index in [1.165, 1.54) is 0 Å². The Kier molecular flexibility index (Phi) is 3.46. The topological polar surface area (TPSA) is 74.8 Å². The summed E-state index contributed by atoms with van der Waals surface area (Å²) in [4.78, 5) is 0.222. The molecule has 1 heterocycles. The molecular weight excluding hydrogens is 354 g/mol. The van der Waals surface area contributed by atoms with Crippen molar-refractivity contribution in [3.05, 3.63) is 52.6 Å². The fourth-order valence-electron chi connectivity index (χ4n) is 2.01. The van der Waals surface area contributed by atoms with Gasteiger partial charge in [-0.25, -0.2) is 8.42 Å². The summed E-state index contributed by atoms with van der Waals surface area (Å²) < 4.78 is 28.1. The molecule has 0 aliphatic carbocycles. The minimum Gasteiger partial charge on any atom is -0.277 e. The molecule has 0 atom stereocenters. The highest BCUT2D eigenvalue weighted by Crippen LogP contribution is 2.28. The number of nitrogens with zero attached hydrogens (tertiary/aromatic N) is 1. The number of aryl methyl sites for hydroxylation is 1. The van der Waals surface area contributed by atoms with Crippen LogP contribution in [0.15, 0.2) is 52.0 Å². The smallest absolute Gasteiger partial charge is 0.261 e. The number of hydrogen-bond acceptors (Lipinski definition) is 3. The second-order valence-corrected chi connectivity index (χ2v) is 7.13. The molecule has 3 aromatic rings. The van der Waals surface area contributed by atoms with Gasteiger partial charge in [0, 0.05) is 5.39 Å². The van der Waals surface area contributed by atoms with E-state index in [0.29, 0.717) is 15.8 Å². The molecule has 0 aliphatic rings. The molecule has 21 heavy (non-hydrogen) atoms. The SMILES string of the molecule is Cc1ccc(S(=O)(=O)Nc2cccc3c(Br)[nH]nc23)cc1. The molecule has 0 amide bonds. The molecule has 0 fully saturated rings. The summed E-state index contributed by atoms with van der Waals surface area (Å²) in [5.74, 6) is 0. The van der Waals surface area contributed by atoms with Gasteiger partial charge in [-0.05, 0) is 47.1 Å². The van der Waals surface area contributed by atoms with Crippen molar-refractivity contribution in [2.45, 2.75) is 11.8 Å². The number of aromatic amines is 1. The van der Waals surface area contributed by atoms with Crippen LogP contribution in [-0.4, -0.2) is 18.6 Å². The minimum atomic E-state index is -3.63. The molecule has 5 nitrogen and oxygen atoms in total. The number of fused-ring (bicyclic) bond motifs is 1. The van der Waals surface area contributed by atoms with Crippen molar-refractivity contribution in [3.8, 4) is 0 Å². The van der Waals surface area contributed by atoms with Crippen molar-refractivity contribution in [1.29, 1.82) is 0 Å². The Balaban J connectivity index is 2.03. The van der Waals surface area contributed by atoms with Crippen LogP contribution in [-0.2, 0) is 10.0 Å². The zero-order valence-electron chi connectivity index (χ0n) is 11.1. The number of hydrogen-bond donors (Lipinski definition) is 2. The van der Waals surface area contributed by atoms with Crippen LogP contribution in [0.3, 0.4) is 0 Å². The molecular formula is C14H12BrN3O2S. The normalized spacial score (nSPS) is 11.7. The molecule has 0 spiro atoms. The zero-order chi connectivity index (χ0) is 15.0. The van der Waals surface area contributed by atoms with Gasteiger partial charge in [0.15, 0.2) is 0 Å². The van der Waals surface area contributed by atoms with Gasteiger partial charge in [0.2, 0.25) is 0 Å². The predicted octanol–water partition coefficient (Wildman–Crippen LogP) is 3.43. The number of nitrogens with one attached hydrogen (secondary N) is 2. The monoisotopic (exact) mass is 365 g/mol. The lowest BCUT2D eigenvalue weighted by atomic mass is 10.2. The van der Waals surface area contributed by atoms with Gasteiger partial charge in [-0.2, -0.15) is 5.10 Å². The van der Waals surface area contributed by atoms with E-state index < -0.39 is 10.0 Å². The van der Waals surface area contributed by atoms with E-state index in [2.05, 4.69) is 30.8 Å². The Hall–Kier alpha value is -1.86. The number of halogens is 1. The number of benzene rings is 2. The average Bonchev–Trinajstić information content (AvgIpc) is 2.82. The van der Waals surface area contributed by atoms with Crippen LogP contribution in [0, 0.1) is 6.92 Å². The molecule has 0 saturated heterocycles. The average molecular weight is 366 g/mol. The quantitative estimate of drug-likeness (QED) is 0.746. The largest absolute Gasteiger partial charge is 0.277 e. The van der Waals surface area contributed by atoms with Crippen LogP contribution in [0.2, 0.25) is 0 Å². The van der Waals surface area contributed by atoms with Gasteiger partial charge >= 0.3 is 0 Å². The summed E-state index contributed by atoms with van der Waals surface area (Å²) in [6, 6.07) is 12.0. The molecule has 0 saturated carbocycles. The van der Waals surface area contributed by atoms with E-state index in [9.17, 15) is 8.42 Å². The van der Waals surface area contributed by atoms with Gasteiger partial charge in [0.1, 0.15) is 10.1 Å². The van der Waals surface area contributed by atoms with Gasteiger partial charge in [-0.3, -0.25) is 9.82 Å². The number of rotatable bonds is 3. The maximum atomic E-state index is 12.4. The lowest BCUT2D eigenvalue weighted by Gasteiger charge is -2.08. The maximum absolute atomic E-state index is 12.4. The van der Waals surface area contributed by atoms with E-state index in [1.807, 2.05) is 13.0 Å². The summed E-state index contributed by atoms with van der Waals surface area (Å²) >= 11 is 3.34. The van der Waals surface area contributed by atoms with Gasteiger partial charge < -0.3 is 0 Å². The third kappa shape index (κ3) is 2.66. The molecule has 0 unspecified atom stereocenters. The molecule has 2 aromatic carbocycles. The molecule has 7 heteroatoms. The third-order valence-corrected chi connectivity index (χ3v) is 5.10. The number of H-pyrrole nitrogens is 1. The molecule has 0 bridgehead atoms. The molecule has 108 valence electrons. The highest BCUT2D eigenvalue weighted by molar-refractivity contribution is 9.10. The first-order valence-corrected chi connectivity index (χ1v) is 8.47. The first-order valence-electron chi connectivity index (χ1n) is 6.19. The fourth-order valence-corrected chi connectivity index (χ4v) is 3.48. The number of aromatic nitrogens is 2. The van der Waals surface area contributed by atoms with Crippen molar-refractivity contribution < 1.29 is 8.42 Å². The Morgan fingerprint density at radius 2 is 1.86 bits per heavy atom. The van der Waals surface area contributed by atoms with Crippen LogP contribution >= 0.6 is 15.9 Å². The van der Waals surface area contributed by atoms with Crippen LogP contribution < -0.4 is 4.72 Å². The Bertz CT molecular complexity index is 902. The summed E-state index contributed by atoms with van der Waals surface area (Å²) in [7, 11) is -3.63. The summed E-state index contributed by atoms with van der Waals surface area (Å²) in [5, 5.41) is 7.71. The van der Waals surface area contributed by atoms with Gasteiger partial charge in [-0.1, -0.05) is 23.8 Å². The number of sulfonamides is 1. The maximum Gasteiger partial charge on any atom is 0.261 e. The van der Waals surface area contributed by atoms with E-state index >= 15 is 0 Å². The van der Waals surface area contributed by atoms with Crippen LogP contribution in [0.4, 0.5) is 5.69 Å². The van der Waals surface area contributed by atoms with Gasteiger partial charge in [-0.15, -0.1) is 0 Å². The van der Waals surface area contributed by atoms with Crippen molar-refractivity contribution >= 4 is 42.5 Å². The lowest BCUT2D eigenvalue weighted by Crippen LogP contribution is -2.13. The van der Waals surface area contributed by atoms with Crippen molar-refractivity contribution in [3.63, 3.8) is 0 Å². The Morgan fingerprint density at radius 3 is 2.57 bits per heavy atom. The van der Waals surface area contributed by atoms with E-state index in [0.717, 1.165) is 10.9 Å². The van der Waals surface area contributed by atoms with E-state index in [4.69, 9.17) is 0 Å². The van der Waals surface area contributed by atoms with Crippen molar-refractivity contribution in [2.24, 2.45) is 0 Å². The standard InChI is InChI=1S/C14H12BrN3O2S/c1-9-5-7-10(8-6-9)21(19,20)18-12-4-2-3-11-13(12)16-17-14(11)15/h2-8,18H,1H3,(H,16,17). The lowest BCUT2D eigenvalue weighted by molar-refractivity contribution is 0.601. The second kappa shape index (κ2) is 5.16. The van der Waals surface area contributed by atoms with Crippen LogP contribution in [0.5, 0.6) is 0 Å². The first-order chi connectivity index (χ1) is 9.97. The minimum absolute atomic E-state index is 0.222. The fraction of sp³-hybridized carbons (Fsp3) is 0.0714.